The molecule has 0 radical (unpaired) electrons. The Morgan fingerprint density at radius 1 is 1.29 bits per heavy atom. The van der Waals surface area contributed by atoms with E-state index < -0.39 is 59.3 Å². The van der Waals surface area contributed by atoms with Gasteiger partial charge in [-0.2, -0.15) is 0 Å². The molecule has 0 saturated carbocycles. The van der Waals surface area contributed by atoms with Crippen LogP contribution in [0.2, 0.25) is 0 Å². The third-order valence-corrected chi connectivity index (χ3v) is 7.06. The van der Waals surface area contributed by atoms with Crippen molar-refractivity contribution in [1.29, 1.82) is 0 Å². The third-order valence-electron chi connectivity index (χ3n) is 5.12. The smallest absolute Gasteiger partial charge is 0.357 e. The van der Waals surface area contributed by atoms with Crippen molar-refractivity contribution < 1.29 is 38.3 Å². The molecule has 0 aromatic carbocycles. The van der Waals surface area contributed by atoms with E-state index in [1.54, 1.807) is 20.8 Å². The molecule has 3 atom stereocenters. The lowest BCUT2D eigenvalue weighted by Gasteiger charge is -2.48. The predicted octanol–water partition coefficient (Wildman–Crippen LogP) is 0.153. The lowest BCUT2D eigenvalue weighted by molar-refractivity contribution is -0.173. The number of ether oxygens (including phenoxy) is 2. The molecule has 1 aromatic rings. The van der Waals surface area contributed by atoms with Gasteiger partial charge in [0, 0.05) is 11.1 Å². The number of hydrogen-bond donors (Lipinski definition) is 3. The van der Waals surface area contributed by atoms with E-state index in [2.05, 4.69) is 20.8 Å². The molecule has 3 amide bonds. The number of oxime groups is 1. The standard InChI is InChI=1S/C22H28N6O8S2/c1-10(23)15(29)26-21-24-11(8-38-21)13(27-34-5)16(30)25-14-17(31)28-12(6-7-37-18(14)28)19(32)35-9-36-20(33)22(2,3)4/h6,8,10,14,18H,7,9,23H2,1-5H3,(H,25,30)(H,24,26,29)/b27-13-/t10-,14-,18-/m0/s1. The van der Waals surface area contributed by atoms with E-state index in [0.29, 0.717) is 5.75 Å². The summed E-state index contributed by atoms with van der Waals surface area (Å²) in [5.74, 6) is -2.73. The number of esters is 2. The maximum atomic E-state index is 13.0. The fraction of sp³-hybridized carbons (Fsp3) is 0.500. The molecule has 4 N–H and O–H groups in total. The van der Waals surface area contributed by atoms with Gasteiger partial charge in [0.1, 0.15) is 29.9 Å². The van der Waals surface area contributed by atoms with Gasteiger partial charge in [-0.15, -0.1) is 23.1 Å². The van der Waals surface area contributed by atoms with Crippen molar-refractivity contribution in [2.45, 2.75) is 45.2 Å². The van der Waals surface area contributed by atoms with Gasteiger partial charge < -0.3 is 30.7 Å². The minimum absolute atomic E-state index is 0.00384. The van der Waals surface area contributed by atoms with Crippen LogP contribution in [0.25, 0.3) is 0 Å². The van der Waals surface area contributed by atoms with Crippen molar-refractivity contribution in [1.82, 2.24) is 15.2 Å². The second-order valence-electron chi connectivity index (χ2n) is 9.14. The average molecular weight is 569 g/mol. The number of hydrogen-bond acceptors (Lipinski definition) is 13. The number of rotatable bonds is 9. The van der Waals surface area contributed by atoms with E-state index in [1.165, 1.54) is 42.2 Å². The Labute approximate surface area is 226 Å². The second kappa shape index (κ2) is 11.9. The Hall–Kier alpha value is -3.50. The zero-order valence-electron chi connectivity index (χ0n) is 21.3. The first-order chi connectivity index (χ1) is 17.8. The summed E-state index contributed by atoms with van der Waals surface area (Å²) in [5, 5.41) is 9.96. The number of nitrogens with zero attached hydrogens (tertiary/aromatic N) is 3. The minimum Gasteiger partial charge on any atom is -0.427 e. The Kier molecular flexibility index (Phi) is 9.11. The Balaban J connectivity index is 1.62. The lowest BCUT2D eigenvalue weighted by Crippen LogP contribution is -2.70. The van der Waals surface area contributed by atoms with E-state index >= 15 is 0 Å². The molecule has 1 aromatic heterocycles. The van der Waals surface area contributed by atoms with Crippen LogP contribution in [0.4, 0.5) is 5.13 Å². The van der Waals surface area contributed by atoms with Crippen LogP contribution in [0, 0.1) is 5.41 Å². The molecule has 1 saturated heterocycles. The third kappa shape index (κ3) is 6.49. The number of thiazole rings is 1. The quantitative estimate of drug-likeness (QED) is 0.121. The zero-order chi connectivity index (χ0) is 28.2. The van der Waals surface area contributed by atoms with Crippen molar-refractivity contribution in [3.05, 3.63) is 22.8 Å². The lowest BCUT2D eigenvalue weighted by atomic mass is 9.98. The molecule has 2 aliphatic heterocycles. The molecule has 3 rings (SSSR count). The summed E-state index contributed by atoms with van der Waals surface area (Å²) >= 11 is 2.38. The molecule has 38 heavy (non-hydrogen) atoms. The number of fused-ring (bicyclic) bond motifs is 1. The van der Waals surface area contributed by atoms with Crippen molar-refractivity contribution in [2.75, 3.05) is 25.0 Å². The molecule has 0 bridgehead atoms. The topological polar surface area (TPSA) is 192 Å². The molecule has 0 spiro atoms. The van der Waals surface area contributed by atoms with Crippen molar-refractivity contribution in [3.8, 4) is 0 Å². The van der Waals surface area contributed by atoms with Gasteiger partial charge in [0.25, 0.3) is 11.8 Å². The van der Waals surface area contributed by atoms with Crippen LogP contribution in [-0.2, 0) is 38.3 Å². The first kappa shape index (κ1) is 29.1. The van der Waals surface area contributed by atoms with E-state index in [4.69, 9.17) is 20.0 Å². The van der Waals surface area contributed by atoms with Gasteiger partial charge in [0.15, 0.2) is 10.8 Å². The van der Waals surface area contributed by atoms with Crippen molar-refractivity contribution in [2.24, 2.45) is 16.3 Å². The summed E-state index contributed by atoms with van der Waals surface area (Å²) in [6.07, 6.45) is 1.52. The number of thioether (sulfide) groups is 1. The highest BCUT2D eigenvalue weighted by Gasteiger charge is 2.53. The van der Waals surface area contributed by atoms with Gasteiger partial charge in [0.05, 0.1) is 11.5 Å². The highest BCUT2D eigenvalue weighted by molar-refractivity contribution is 8.00. The molecule has 206 valence electrons. The van der Waals surface area contributed by atoms with Crippen molar-refractivity contribution >= 4 is 63.6 Å². The Morgan fingerprint density at radius 3 is 2.63 bits per heavy atom. The molecular weight excluding hydrogens is 540 g/mol. The Bertz CT molecular complexity index is 1190. The van der Waals surface area contributed by atoms with Gasteiger partial charge in [-0.25, -0.2) is 9.78 Å². The normalized spacial score (nSPS) is 19.8. The zero-order valence-corrected chi connectivity index (χ0v) is 22.9. The Morgan fingerprint density at radius 2 is 2.00 bits per heavy atom. The molecule has 14 nitrogen and oxygen atoms in total. The molecular formula is C22H28N6O8S2. The molecule has 3 heterocycles. The SMILES string of the molecule is CO/N=C(\C(=O)N[C@H]1C(=O)N2C(C(=O)OCOC(=O)C(C)(C)C)=CCS[C@@H]12)c1csc(NC(=O)[C@H](C)N)n1. The highest BCUT2D eigenvalue weighted by Crippen LogP contribution is 2.38. The maximum absolute atomic E-state index is 13.0. The average Bonchev–Trinajstić information content (AvgIpc) is 3.31. The number of aromatic nitrogens is 1. The first-order valence-electron chi connectivity index (χ1n) is 11.3. The van der Waals surface area contributed by atoms with E-state index in [1.807, 2.05) is 0 Å². The largest absolute Gasteiger partial charge is 0.427 e. The monoisotopic (exact) mass is 568 g/mol. The first-order valence-corrected chi connectivity index (χ1v) is 13.2. The number of amides is 3. The highest BCUT2D eigenvalue weighted by atomic mass is 32.2. The van der Waals surface area contributed by atoms with Crippen LogP contribution < -0.4 is 16.4 Å². The van der Waals surface area contributed by atoms with E-state index in [-0.39, 0.29) is 22.2 Å². The van der Waals surface area contributed by atoms with E-state index in [0.717, 1.165) is 11.3 Å². The van der Waals surface area contributed by atoms with Crippen LogP contribution >= 0.6 is 23.1 Å². The van der Waals surface area contributed by atoms with Gasteiger partial charge in [0.2, 0.25) is 12.7 Å². The summed E-state index contributed by atoms with van der Waals surface area (Å²) < 4.78 is 9.96. The fourth-order valence-corrected chi connectivity index (χ4v) is 5.01. The summed E-state index contributed by atoms with van der Waals surface area (Å²) in [6.45, 7) is 5.90. The number of carbonyl (C=O) groups is 5. The van der Waals surface area contributed by atoms with E-state index in [9.17, 15) is 24.0 Å². The van der Waals surface area contributed by atoms with Crippen LogP contribution in [0.3, 0.4) is 0 Å². The summed E-state index contributed by atoms with van der Waals surface area (Å²) in [5.41, 5.74) is 4.67. The number of nitrogens with two attached hydrogens (primary N) is 1. The second-order valence-corrected chi connectivity index (χ2v) is 11.2. The van der Waals surface area contributed by atoms with Gasteiger partial charge in [-0.1, -0.05) is 5.16 Å². The van der Waals surface area contributed by atoms with Crippen molar-refractivity contribution in [3.63, 3.8) is 0 Å². The molecule has 1 fully saturated rings. The maximum Gasteiger partial charge on any atom is 0.357 e. The van der Waals surface area contributed by atoms with Gasteiger partial charge in [-0.05, 0) is 33.8 Å². The van der Waals surface area contributed by atoms with Crippen LogP contribution in [0.15, 0.2) is 22.3 Å². The number of anilines is 1. The molecule has 0 unspecified atom stereocenters. The summed E-state index contributed by atoms with van der Waals surface area (Å²) in [6, 6.07) is -1.71. The molecule has 16 heteroatoms. The molecule has 0 aliphatic carbocycles. The summed E-state index contributed by atoms with van der Waals surface area (Å²) in [4.78, 5) is 72.2. The fourth-order valence-electron chi connectivity index (χ4n) is 3.12. The van der Waals surface area contributed by atoms with Gasteiger partial charge in [-0.3, -0.25) is 24.1 Å². The molecule has 2 aliphatic rings. The van der Waals surface area contributed by atoms with Crippen LogP contribution in [-0.4, -0.2) is 82.4 Å². The van der Waals surface area contributed by atoms with Crippen LogP contribution in [0.5, 0.6) is 0 Å². The summed E-state index contributed by atoms with van der Waals surface area (Å²) in [7, 11) is 1.24. The predicted molar refractivity (Wildman–Crippen MR) is 138 cm³/mol. The minimum atomic E-state index is -0.958. The van der Waals surface area contributed by atoms with Crippen LogP contribution in [0.1, 0.15) is 33.4 Å². The van der Waals surface area contributed by atoms with Gasteiger partial charge >= 0.3 is 11.9 Å². The number of β-lactam (4-membered cyclic amide) rings is 1. The number of carbonyl (C=O) groups excluding carboxylic acids is 5. The number of nitrogens with one attached hydrogen (secondary N) is 2.